The molecule has 0 saturated carbocycles. The van der Waals surface area contributed by atoms with E-state index in [-0.39, 0.29) is 5.92 Å². The van der Waals surface area contributed by atoms with E-state index in [2.05, 4.69) is 34.9 Å². The molecule has 158 valence electrons. The summed E-state index contributed by atoms with van der Waals surface area (Å²) in [7, 11) is 0. The molecule has 6 heteroatoms. The SMILES string of the molecule is O=C(NCCC(c1ccccc1)c1ccccc1)C(=O)Nc1ccc2c(c1)OCCO2. The normalized spacial score (nSPS) is 12.3. The number of carbonyl (C=O) groups excluding carboxylic acids is 2. The number of amides is 2. The van der Waals surface area contributed by atoms with Gasteiger partial charge in [-0.05, 0) is 29.7 Å². The van der Waals surface area contributed by atoms with Crippen molar-refractivity contribution in [3.63, 3.8) is 0 Å². The Morgan fingerprint density at radius 2 is 1.39 bits per heavy atom. The van der Waals surface area contributed by atoms with Gasteiger partial charge in [-0.3, -0.25) is 9.59 Å². The summed E-state index contributed by atoms with van der Waals surface area (Å²) in [6.45, 7) is 1.32. The molecule has 0 radical (unpaired) electrons. The average Bonchev–Trinajstić information content (AvgIpc) is 2.82. The largest absolute Gasteiger partial charge is 0.486 e. The van der Waals surface area contributed by atoms with E-state index in [4.69, 9.17) is 9.47 Å². The Bertz CT molecular complexity index is 998. The quantitative estimate of drug-likeness (QED) is 0.601. The van der Waals surface area contributed by atoms with Gasteiger partial charge >= 0.3 is 11.8 Å². The molecule has 1 aliphatic heterocycles. The van der Waals surface area contributed by atoms with Crippen LogP contribution in [-0.2, 0) is 9.59 Å². The molecule has 0 atom stereocenters. The summed E-state index contributed by atoms with van der Waals surface area (Å²) in [5, 5.41) is 5.33. The van der Waals surface area contributed by atoms with Crippen molar-refractivity contribution in [1.82, 2.24) is 5.32 Å². The Morgan fingerprint density at radius 3 is 2.03 bits per heavy atom. The van der Waals surface area contributed by atoms with E-state index < -0.39 is 11.8 Å². The van der Waals surface area contributed by atoms with Crippen LogP contribution in [0.2, 0.25) is 0 Å². The van der Waals surface area contributed by atoms with Gasteiger partial charge in [0.1, 0.15) is 13.2 Å². The molecular weight excluding hydrogens is 392 g/mol. The second-order valence-electron chi connectivity index (χ2n) is 7.23. The zero-order chi connectivity index (χ0) is 21.5. The lowest BCUT2D eigenvalue weighted by Crippen LogP contribution is -2.36. The van der Waals surface area contributed by atoms with Gasteiger partial charge in [-0.25, -0.2) is 0 Å². The third-order valence-electron chi connectivity index (χ3n) is 5.13. The highest BCUT2D eigenvalue weighted by Gasteiger charge is 2.18. The van der Waals surface area contributed by atoms with Crippen molar-refractivity contribution < 1.29 is 19.1 Å². The summed E-state index contributed by atoms with van der Waals surface area (Å²) in [5.41, 5.74) is 2.82. The molecule has 0 aliphatic carbocycles. The fourth-order valence-corrected chi connectivity index (χ4v) is 3.62. The lowest BCUT2D eigenvalue weighted by molar-refractivity contribution is -0.136. The van der Waals surface area contributed by atoms with Crippen molar-refractivity contribution >= 4 is 17.5 Å². The third-order valence-corrected chi connectivity index (χ3v) is 5.13. The molecular formula is C25H24N2O4. The Balaban J connectivity index is 1.34. The van der Waals surface area contributed by atoms with E-state index in [9.17, 15) is 9.59 Å². The van der Waals surface area contributed by atoms with Gasteiger partial charge in [-0.1, -0.05) is 60.7 Å². The maximum absolute atomic E-state index is 12.3. The Morgan fingerprint density at radius 1 is 0.774 bits per heavy atom. The van der Waals surface area contributed by atoms with Crippen LogP contribution in [0.4, 0.5) is 5.69 Å². The standard InChI is InChI=1S/C25H24N2O4/c28-24(25(29)27-20-11-12-22-23(17-20)31-16-15-30-22)26-14-13-21(18-7-3-1-4-8-18)19-9-5-2-6-10-19/h1-12,17,21H,13-16H2,(H,26,28)(H,27,29). The molecule has 0 bridgehead atoms. The average molecular weight is 416 g/mol. The molecule has 3 aromatic rings. The van der Waals surface area contributed by atoms with E-state index >= 15 is 0 Å². The predicted molar refractivity (Wildman–Crippen MR) is 118 cm³/mol. The zero-order valence-electron chi connectivity index (χ0n) is 17.0. The first-order valence-corrected chi connectivity index (χ1v) is 10.3. The number of fused-ring (bicyclic) bond motifs is 1. The summed E-state index contributed by atoms with van der Waals surface area (Å²) >= 11 is 0. The van der Waals surface area contributed by atoms with Crippen molar-refractivity contribution in [3.8, 4) is 11.5 Å². The van der Waals surface area contributed by atoms with Gasteiger partial charge in [0.2, 0.25) is 0 Å². The fourth-order valence-electron chi connectivity index (χ4n) is 3.62. The number of hydrogen-bond acceptors (Lipinski definition) is 4. The summed E-state index contributed by atoms with van der Waals surface area (Å²) < 4.78 is 11.0. The molecule has 2 N–H and O–H groups in total. The topological polar surface area (TPSA) is 76.7 Å². The molecule has 4 rings (SSSR count). The molecule has 31 heavy (non-hydrogen) atoms. The second-order valence-corrected chi connectivity index (χ2v) is 7.23. The van der Waals surface area contributed by atoms with Gasteiger partial charge in [0, 0.05) is 24.2 Å². The van der Waals surface area contributed by atoms with Gasteiger partial charge in [-0.15, -0.1) is 0 Å². The number of hydrogen-bond donors (Lipinski definition) is 2. The molecule has 0 fully saturated rings. The van der Waals surface area contributed by atoms with Crippen LogP contribution in [-0.4, -0.2) is 31.6 Å². The van der Waals surface area contributed by atoms with Gasteiger partial charge in [0.05, 0.1) is 0 Å². The van der Waals surface area contributed by atoms with E-state index in [0.717, 1.165) is 0 Å². The Labute approximate surface area is 181 Å². The van der Waals surface area contributed by atoms with Crippen LogP contribution >= 0.6 is 0 Å². The molecule has 1 heterocycles. The molecule has 0 spiro atoms. The smallest absolute Gasteiger partial charge is 0.313 e. The highest BCUT2D eigenvalue weighted by atomic mass is 16.6. The number of nitrogens with one attached hydrogen (secondary N) is 2. The highest BCUT2D eigenvalue weighted by Crippen LogP contribution is 2.32. The zero-order valence-corrected chi connectivity index (χ0v) is 17.0. The number of carbonyl (C=O) groups is 2. The number of benzene rings is 3. The highest BCUT2D eigenvalue weighted by molar-refractivity contribution is 6.39. The first-order valence-electron chi connectivity index (χ1n) is 10.3. The van der Waals surface area contributed by atoms with Crippen LogP contribution in [0.5, 0.6) is 11.5 Å². The van der Waals surface area contributed by atoms with Crippen molar-refractivity contribution in [2.24, 2.45) is 0 Å². The van der Waals surface area contributed by atoms with Crippen LogP contribution < -0.4 is 20.1 Å². The summed E-state index contributed by atoms with van der Waals surface area (Å²) in [4.78, 5) is 24.6. The van der Waals surface area contributed by atoms with Crippen LogP contribution in [0.15, 0.2) is 78.9 Å². The maximum Gasteiger partial charge on any atom is 0.313 e. The summed E-state index contributed by atoms with van der Waals surface area (Å²) in [5.74, 6) is -0.0782. The van der Waals surface area contributed by atoms with Gasteiger partial charge in [0.15, 0.2) is 11.5 Å². The molecule has 0 unspecified atom stereocenters. The summed E-state index contributed by atoms with van der Waals surface area (Å²) in [6, 6.07) is 25.3. The Hall–Kier alpha value is -3.80. The van der Waals surface area contributed by atoms with Crippen molar-refractivity contribution in [3.05, 3.63) is 90.0 Å². The first kappa shape index (κ1) is 20.5. The van der Waals surface area contributed by atoms with Crippen LogP contribution in [0.25, 0.3) is 0 Å². The predicted octanol–water partition coefficient (Wildman–Crippen LogP) is 3.73. The maximum atomic E-state index is 12.3. The van der Waals surface area contributed by atoms with Crippen LogP contribution in [0.3, 0.4) is 0 Å². The van der Waals surface area contributed by atoms with Gasteiger partial charge < -0.3 is 20.1 Å². The molecule has 6 nitrogen and oxygen atoms in total. The van der Waals surface area contributed by atoms with Crippen LogP contribution in [0.1, 0.15) is 23.5 Å². The third kappa shape index (κ3) is 5.22. The summed E-state index contributed by atoms with van der Waals surface area (Å²) in [6.07, 6.45) is 0.678. The lowest BCUT2D eigenvalue weighted by atomic mass is 9.88. The molecule has 1 aliphatic rings. The monoisotopic (exact) mass is 416 g/mol. The minimum absolute atomic E-state index is 0.128. The van der Waals surface area contributed by atoms with E-state index in [1.165, 1.54) is 11.1 Å². The van der Waals surface area contributed by atoms with Gasteiger partial charge in [-0.2, -0.15) is 0 Å². The minimum atomic E-state index is -0.715. The van der Waals surface area contributed by atoms with Crippen molar-refractivity contribution in [2.45, 2.75) is 12.3 Å². The molecule has 3 aromatic carbocycles. The molecule has 0 saturated heterocycles. The molecule has 2 amide bonds. The van der Waals surface area contributed by atoms with Crippen LogP contribution in [0, 0.1) is 0 Å². The van der Waals surface area contributed by atoms with Crippen molar-refractivity contribution in [2.75, 3.05) is 25.1 Å². The number of ether oxygens (including phenoxy) is 2. The Kier molecular flexibility index (Phi) is 6.47. The van der Waals surface area contributed by atoms with Crippen molar-refractivity contribution in [1.29, 1.82) is 0 Å². The first-order chi connectivity index (χ1) is 15.2. The second kappa shape index (κ2) is 9.80. The lowest BCUT2D eigenvalue weighted by Gasteiger charge is -2.19. The van der Waals surface area contributed by atoms with E-state index in [0.29, 0.717) is 43.4 Å². The number of rotatable bonds is 6. The van der Waals surface area contributed by atoms with E-state index in [1.807, 2.05) is 36.4 Å². The molecule has 0 aromatic heterocycles. The van der Waals surface area contributed by atoms with Gasteiger partial charge in [0.25, 0.3) is 0 Å². The number of anilines is 1. The van der Waals surface area contributed by atoms with E-state index in [1.54, 1.807) is 18.2 Å². The minimum Gasteiger partial charge on any atom is -0.486 e. The fraction of sp³-hybridized carbons (Fsp3) is 0.200.